The molecular weight excluding hydrogens is 230 g/mol. The maximum Gasteiger partial charge on any atom is 0.0662 e. The summed E-state index contributed by atoms with van der Waals surface area (Å²) >= 11 is 0. The van der Waals surface area contributed by atoms with Crippen LogP contribution in [0.5, 0.6) is 0 Å². The fourth-order valence-corrected chi connectivity index (χ4v) is 1.93. The Hall–Kier alpha value is -2.33. The first-order valence-corrected chi connectivity index (χ1v) is 6.35. The Morgan fingerprint density at radius 1 is 1.32 bits per heavy atom. The van der Waals surface area contributed by atoms with Crippen molar-refractivity contribution in [1.29, 1.82) is 0 Å². The van der Waals surface area contributed by atoms with Crippen LogP contribution < -0.4 is 0 Å². The highest BCUT2D eigenvalue weighted by Gasteiger charge is 2.08. The van der Waals surface area contributed by atoms with E-state index in [2.05, 4.69) is 54.3 Å². The van der Waals surface area contributed by atoms with E-state index in [1.807, 2.05) is 13.1 Å². The fraction of sp³-hybridized carbons (Fsp3) is 0.167. The number of aromatic nitrogens is 1. The van der Waals surface area contributed by atoms with Crippen LogP contribution in [0.1, 0.15) is 31.0 Å². The van der Waals surface area contributed by atoms with Gasteiger partial charge in [0.05, 0.1) is 5.69 Å². The molecule has 0 aliphatic heterocycles. The van der Waals surface area contributed by atoms with Crippen LogP contribution in [-0.2, 0) is 0 Å². The number of allylic oxidation sites excluding steroid dienone is 6. The van der Waals surface area contributed by atoms with Gasteiger partial charge in [0.1, 0.15) is 0 Å². The van der Waals surface area contributed by atoms with Crippen molar-refractivity contribution in [1.82, 2.24) is 4.98 Å². The lowest BCUT2D eigenvalue weighted by atomic mass is 9.96. The van der Waals surface area contributed by atoms with Crippen molar-refractivity contribution >= 4 is 11.1 Å². The van der Waals surface area contributed by atoms with Gasteiger partial charge < -0.3 is 0 Å². The lowest BCUT2D eigenvalue weighted by Gasteiger charge is -2.11. The minimum Gasteiger partial charge on any atom is -0.256 e. The molecule has 1 heteroatoms. The molecule has 0 aromatic carbocycles. The van der Waals surface area contributed by atoms with Crippen molar-refractivity contribution in [2.75, 3.05) is 0 Å². The summed E-state index contributed by atoms with van der Waals surface area (Å²) in [5.74, 6) is 5.97. The molecule has 0 atom stereocenters. The third-order valence-corrected chi connectivity index (χ3v) is 3.07. The molecule has 0 saturated carbocycles. The number of hydrogen-bond donors (Lipinski definition) is 0. The second kappa shape index (κ2) is 6.02. The van der Waals surface area contributed by atoms with E-state index in [1.54, 1.807) is 6.08 Å². The molecule has 94 valence electrons. The van der Waals surface area contributed by atoms with Gasteiger partial charge in [-0.3, -0.25) is 4.98 Å². The summed E-state index contributed by atoms with van der Waals surface area (Å²) in [6.45, 7) is 9.51. The van der Waals surface area contributed by atoms with Gasteiger partial charge in [-0.25, -0.2) is 0 Å². The van der Waals surface area contributed by atoms with Gasteiger partial charge in [-0.05, 0) is 48.6 Å². The molecule has 0 bridgehead atoms. The summed E-state index contributed by atoms with van der Waals surface area (Å²) in [6.07, 6.45) is 9.64. The molecule has 2 rings (SSSR count). The summed E-state index contributed by atoms with van der Waals surface area (Å²) in [7, 11) is 0. The molecule has 0 saturated heterocycles. The van der Waals surface area contributed by atoms with Crippen molar-refractivity contribution in [2.45, 2.75) is 19.8 Å². The van der Waals surface area contributed by atoms with Crippen LogP contribution in [0.15, 0.2) is 55.3 Å². The van der Waals surface area contributed by atoms with Gasteiger partial charge in [0, 0.05) is 11.8 Å². The molecule has 0 N–H and O–H groups in total. The van der Waals surface area contributed by atoms with E-state index in [0.717, 1.165) is 35.2 Å². The lowest BCUT2D eigenvalue weighted by molar-refractivity contribution is 1.00. The van der Waals surface area contributed by atoms with Gasteiger partial charge in [-0.2, -0.15) is 0 Å². The zero-order valence-electron chi connectivity index (χ0n) is 11.2. The third kappa shape index (κ3) is 3.33. The van der Waals surface area contributed by atoms with Gasteiger partial charge in [-0.1, -0.05) is 43.2 Å². The molecule has 1 aliphatic carbocycles. The Balaban J connectivity index is 2.19. The van der Waals surface area contributed by atoms with Crippen LogP contribution >= 0.6 is 0 Å². The van der Waals surface area contributed by atoms with Gasteiger partial charge in [0.2, 0.25) is 0 Å². The number of nitrogens with zero attached hydrogens (tertiary/aromatic N) is 1. The van der Waals surface area contributed by atoms with Gasteiger partial charge in [0.15, 0.2) is 0 Å². The molecule has 0 fully saturated rings. The van der Waals surface area contributed by atoms with E-state index < -0.39 is 0 Å². The van der Waals surface area contributed by atoms with E-state index in [1.165, 1.54) is 5.57 Å². The summed E-state index contributed by atoms with van der Waals surface area (Å²) < 4.78 is 0. The molecule has 0 amide bonds. The highest BCUT2D eigenvalue weighted by Crippen LogP contribution is 2.25. The number of rotatable bonds is 2. The quantitative estimate of drug-likeness (QED) is 0.705. The molecule has 0 radical (unpaired) electrons. The molecule has 0 unspecified atom stereocenters. The van der Waals surface area contributed by atoms with E-state index in [0.29, 0.717) is 0 Å². The predicted octanol–water partition coefficient (Wildman–Crippen LogP) is 4.41. The molecule has 19 heavy (non-hydrogen) atoms. The van der Waals surface area contributed by atoms with E-state index in [-0.39, 0.29) is 0 Å². The average Bonchev–Trinajstić information content (AvgIpc) is 2.46. The molecule has 1 aromatic rings. The van der Waals surface area contributed by atoms with Crippen molar-refractivity contribution in [3.05, 3.63) is 66.5 Å². The Morgan fingerprint density at radius 2 is 2.16 bits per heavy atom. The highest BCUT2D eigenvalue weighted by atomic mass is 14.7. The topological polar surface area (TPSA) is 12.9 Å². The van der Waals surface area contributed by atoms with Crippen molar-refractivity contribution in [2.24, 2.45) is 0 Å². The van der Waals surface area contributed by atoms with Crippen LogP contribution in [0.2, 0.25) is 0 Å². The van der Waals surface area contributed by atoms with Gasteiger partial charge >= 0.3 is 0 Å². The minimum atomic E-state index is 0.969. The Kier molecular flexibility index (Phi) is 4.15. The Labute approximate surface area is 115 Å². The van der Waals surface area contributed by atoms with Crippen molar-refractivity contribution in [3.8, 4) is 11.8 Å². The first kappa shape index (κ1) is 13.1. The second-order valence-electron chi connectivity index (χ2n) is 4.57. The normalized spacial score (nSPS) is 13.7. The fourth-order valence-electron chi connectivity index (χ4n) is 1.93. The van der Waals surface area contributed by atoms with Gasteiger partial charge in [0.25, 0.3) is 0 Å². The maximum atomic E-state index is 4.50. The molecule has 1 aliphatic rings. The molecular formula is C18H17N. The maximum absolute atomic E-state index is 4.50. The first-order valence-electron chi connectivity index (χ1n) is 6.35. The van der Waals surface area contributed by atoms with Crippen LogP contribution in [0.3, 0.4) is 0 Å². The zero-order chi connectivity index (χ0) is 13.7. The smallest absolute Gasteiger partial charge is 0.0662 e. The van der Waals surface area contributed by atoms with E-state index >= 15 is 0 Å². The molecule has 1 aromatic heterocycles. The predicted molar refractivity (Wildman–Crippen MR) is 82.2 cm³/mol. The average molecular weight is 247 g/mol. The van der Waals surface area contributed by atoms with Gasteiger partial charge in [-0.15, -0.1) is 0 Å². The largest absolute Gasteiger partial charge is 0.256 e. The highest BCUT2D eigenvalue weighted by molar-refractivity contribution is 5.69. The van der Waals surface area contributed by atoms with Crippen molar-refractivity contribution in [3.63, 3.8) is 0 Å². The SMILES string of the molecule is C=CC#CC1=CC=C(c2ccc(C(=C)C)cn2)CC1. The Bertz CT molecular complexity index is 616. The Morgan fingerprint density at radius 3 is 2.68 bits per heavy atom. The summed E-state index contributed by atoms with van der Waals surface area (Å²) in [4.78, 5) is 4.50. The molecule has 1 heterocycles. The lowest BCUT2D eigenvalue weighted by Crippen LogP contribution is -1.95. The van der Waals surface area contributed by atoms with Crippen LogP contribution in [0.25, 0.3) is 11.1 Å². The third-order valence-electron chi connectivity index (χ3n) is 3.07. The van der Waals surface area contributed by atoms with E-state index in [4.69, 9.17) is 0 Å². The van der Waals surface area contributed by atoms with Crippen LogP contribution in [0, 0.1) is 11.8 Å². The molecule has 0 spiro atoms. The molecule has 1 nitrogen and oxygen atoms in total. The van der Waals surface area contributed by atoms with Crippen LogP contribution in [0.4, 0.5) is 0 Å². The minimum absolute atomic E-state index is 0.969. The zero-order valence-corrected chi connectivity index (χ0v) is 11.2. The first-order chi connectivity index (χ1) is 9.20. The second-order valence-corrected chi connectivity index (χ2v) is 4.57. The van der Waals surface area contributed by atoms with Crippen LogP contribution in [-0.4, -0.2) is 4.98 Å². The summed E-state index contributed by atoms with van der Waals surface area (Å²) in [6, 6.07) is 4.13. The number of pyridine rings is 1. The monoisotopic (exact) mass is 247 g/mol. The van der Waals surface area contributed by atoms with Crippen molar-refractivity contribution < 1.29 is 0 Å². The summed E-state index contributed by atoms with van der Waals surface area (Å²) in [5.41, 5.74) is 5.59. The van der Waals surface area contributed by atoms with E-state index in [9.17, 15) is 0 Å². The number of hydrogen-bond acceptors (Lipinski definition) is 1. The summed E-state index contributed by atoms with van der Waals surface area (Å²) in [5, 5.41) is 0. The standard InChI is InChI=1S/C18H17N/c1-4-5-6-15-7-9-16(10-8-15)18-12-11-17(13-19-18)14(2)3/h4,7,9,11-13H,1-2,8,10H2,3H3.